The van der Waals surface area contributed by atoms with E-state index in [1.165, 1.54) is 12.1 Å². The maximum absolute atomic E-state index is 12.0. The summed E-state index contributed by atoms with van der Waals surface area (Å²) in [7, 11) is 0. The largest absolute Gasteiger partial charge is 0.508 e. The Morgan fingerprint density at radius 1 is 1.35 bits per heavy atom. The molecule has 1 aromatic carbocycles. The molecule has 108 valence electrons. The summed E-state index contributed by atoms with van der Waals surface area (Å²) in [6, 6.07) is 6.04. The maximum Gasteiger partial charge on any atom is 0.320 e. The Bertz CT molecular complexity index is 447. The zero-order valence-corrected chi connectivity index (χ0v) is 11.6. The molecule has 0 saturated heterocycles. The van der Waals surface area contributed by atoms with Crippen LogP contribution < -0.4 is 10.1 Å². The first-order chi connectivity index (χ1) is 9.56. The average molecular weight is 276 g/mol. The summed E-state index contributed by atoms with van der Waals surface area (Å²) in [5.41, 5.74) is 0. The van der Waals surface area contributed by atoms with Crippen LogP contribution in [0.15, 0.2) is 49.6 Å². The lowest BCUT2D eigenvalue weighted by Gasteiger charge is -2.23. The summed E-state index contributed by atoms with van der Waals surface area (Å²) in [6.07, 6.45) is 2.80. The molecule has 2 amide bonds. The number of hydrogen-bond acceptors (Lipinski definition) is 3. The Kier molecular flexibility index (Phi) is 6.16. The highest BCUT2D eigenvalue weighted by Gasteiger charge is 2.14. The Morgan fingerprint density at radius 2 is 1.90 bits per heavy atom. The van der Waals surface area contributed by atoms with Crippen molar-refractivity contribution in [1.82, 2.24) is 10.2 Å². The third kappa shape index (κ3) is 5.06. The van der Waals surface area contributed by atoms with Gasteiger partial charge in [-0.25, -0.2) is 4.79 Å². The molecule has 1 rings (SSSR count). The summed E-state index contributed by atoms with van der Waals surface area (Å²) in [5.74, 6) is 0.728. The average Bonchev–Trinajstić information content (AvgIpc) is 2.41. The molecule has 0 bridgehead atoms. The van der Waals surface area contributed by atoms with Crippen molar-refractivity contribution in [3.63, 3.8) is 0 Å². The standard InChI is InChI=1S/C15H20N2O3/c1-4-10-17(11-5-2)15(19)16-12(3)20-14-8-6-13(18)7-9-14/h4-9,12,18H,1-2,10-11H2,3H3,(H,16,19). The Balaban J connectivity index is 2.53. The van der Waals surface area contributed by atoms with Crippen LogP contribution in [0.2, 0.25) is 0 Å². The van der Waals surface area contributed by atoms with Gasteiger partial charge in [0.25, 0.3) is 0 Å². The first-order valence-electron chi connectivity index (χ1n) is 6.29. The predicted molar refractivity (Wildman–Crippen MR) is 78.7 cm³/mol. The van der Waals surface area contributed by atoms with Crippen LogP contribution in [0.3, 0.4) is 0 Å². The zero-order chi connectivity index (χ0) is 15.0. The second kappa shape index (κ2) is 7.89. The van der Waals surface area contributed by atoms with Crippen molar-refractivity contribution in [1.29, 1.82) is 0 Å². The minimum Gasteiger partial charge on any atom is -0.508 e. The predicted octanol–water partition coefficient (Wildman–Crippen LogP) is 2.50. The van der Waals surface area contributed by atoms with Gasteiger partial charge in [-0.1, -0.05) is 12.2 Å². The second-order valence-electron chi connectivity index (χ2n) is 4.19. The summed E-state index contributed by atoms with van der Waals surface area (Å²) < 4.78 is 5.53. The molecule has 1 atom stereocenters. The number of benzene rings is 1. The second-order valence-corrected chi connectivity index (χ2v) is 4.19. The normalized spacial score (nSPS) is 11.2. The van der Waals surface area contributed by atoms with E-state index in [0.717, 1.165) is 0 Å². The molecule has 0 fully saturated rings. The van der Waals surface area contributed by atoms with E-state index < -0.39 is 6.23 Å². The topological polar surface area (TPSA) is 61.8 Å². The van der Waals surface area contributed by atoms with Crippen LogP contribution in [-0.2, 0) is 0 Å². The van der Waals surface area contributed by atoms with Crippen LogP contribution in [0.1, 0.15) is 6.92 Å². The van der Waals surface area contributed by atoms with E-state index in [1.807, 2.05) is 0 Å². The summed E-state index contributed by atoms with van der Waals surface area (Å²) in [5, 5.41) is 11.9. The highest BCUT2D eigenvalue weighted by molar-refractivity contribution is 5.74. The molecule has 0 heterocycles. The Labute approximate surface area is 119 Å². The van der Waals surface area contributed by atoms with E-state index in [4.69, 9.17) is 4.74 Å². The fourth-order valence-electron chi connectivity index (χ4n) is 1.58. The van der Waals surface area contributed by atoms with E-state index in [-0.39, 0.29) is 11.8 Å². The summed E-state index contributed by atoms with van der Waals surface area (Å²) >= 11 is 0. The molecule has 0 aliphatic rings. The van der Waals surface area contributed by atoms with Crippen LogP contribution in [0.25, 0.3) is 0 Å². The molecule has 0 aromatic heterocycles. The summed E-state index contributed by atoms with van der Waals surface area (Å²) in [4.78, 5) is 13.5. The molecule has 2 N–H and O–H groups in total. The lowest BCUT2D eigenvalue weighted by molar-refractivity contribution is 0.158. The molecule has 0 aliphatic carbocycles. The number of phenols is 1. The number of carbonyl (C=O) groups is 1. The van der Waals surface area contributed by atoms with Gasteiger partial charge in [-0.3, -0.25) is 0 Å². The van der Waals surface area contributed by atoms with Gasteiger partial charge in [0, 0.05) is 13.1 Å². The molecule has 5 nitrogen and oxygen atoms in total. The number of nitrogens with zero attached hydrogens (tertiary/aromatic N) is 1. The van der Waals surface area contributed by atoms with Gasteiger partial charge in [0.05, 0.1) is 0 Å². The van der Waals surface area contributed by atoms with E-state index in [9.17, 15) is 9.90 Å². The van der Waals surface area contributed by atoms with Crippen LogP contribution in [0, 0.1) is 0 Å². The molecule has 5 heteroatoms. The van der Waals surface area contributed by atoms with Gasteiger partial charge in [-0.05, 0) is 31.2 Å². The molecule has 20 heavy (non-hydrogen) atoms. The van der Waals surface area contributed by atoms with Gasteiger partial charge in [-0.2, -0.15) is 0 Å². The number of aromatic hydroxyl groups is 1. The first-order valence-corrected chi connectivity index (χ1v) is 6.29. The third-order valence-electron chi connectivity index (χ3n) is 2.46. The molecule has 0 spiro atoms. The monoisotopic (exact) mass is 276 g/mol. The molecule has 1 aromatic rings. The van der Waals surface area contributed by atoms with Crippen molar-refractivity contribution in [3.05, 3.63) is 49.6 Å². The van der Waals surface area contributed by atoms with Crippen LogP contribution in [0.4, 0.5) is 4.79 Å². The van der Waals surface area contributed by atoms with Gasteiger partial charge in [0.2, 0.25) is 0 Å². The van der Waals surface area contributed by atoms with E-state index >= 15 is 0 Å². The van der Waals surface area contributed by atoms with Gasteiger partial charge < -0.3 is 20.1 Å². The number of rotatable bonds is 7. The van der Waals surface area contributed by atoms with Crippen molar-refractivity contribution in [2.75, 3.05) is 13.1 Å². The fraction of sp³-hybridized carbons (Fsp3) is 0.267. The Hall–Kier alpha value is -2.43. The summed E-state index contributed by atoms with van der Waals surface area (Å²) in [6.45, 7) is 9.81. The van der Waals surface area contributed by atoms with Crippen LogP contribution in [0.5, 0.6) is 11.5 Å². The van der Waals surface area contributed by atoms with Crippen molar-refractivity contribution < 1.29 is 14.6 Å². The Morgan fingerprint density at radius 3 is 2.40 bits per heavy atom. The SMILES string of the molecule is C=CCN(CC=C)C(=O)NC(C)Oc1ccc(O)cc1. The number of hydrogen-bond donors (Lipinski definition) is 2. The third-order valence-corrected chi connectivity index (χ3v) is 2.46. The van der Waals surface area contributed by atoms with E-state index in [1.54, 1.807) is 36.1 Å². The van der Waals surface area contributed by atoms with E-state index in [2.05, 4.69) is 18.5 Å². The molecule has 1 unspecified atom stereocenters. The molecular formula is C15H20N2O3. The molecule has 0 radical (unpaired) electrons. The highest BCUT2D eigenvalue weighted by atomic mass is 16.5. The zero-order valence-electron chi connectivity index (χ0n) is 11.6. The number of amides is 2. The van der Waals surface area contributed by atoms with Crippen molar-refractivity contribution >= 4 is 6.03 Å². The van der Waals surface area contributed by atoms with Crippen molar-refractivity contribution in [3.8, 4) is 11.5 Å². The number of nitrogens with one attached hydrogen (secondary N) is 1. The van der Waals surface area contributed by atoms with Gasteiger partial charge in [0.15, 0.2) is 6.23 Å². The number of carbonyl (C=O) groups excluding carboxylic acids is 1. The lowest BCUT2D eigenvalue weighted by Crippen LogP contribution is -2.46. The molecule has 0 saturated carbocycles. The smallest absolute Gasteiger partial charge is 0.320 e. The lowest BCUT2D eigenvalue weighted by atomic mass is 10.3. The quantitative estimate of drug-likeness (QED) is 0.594. The minimum atomic E-state index is -0.496. The molecular weight excluding hydrogens is 256 g/mol. The first kappa shape index (κ1) is 15.6. The fourth-order valence-corrected chi connectivity index (χ4v) is 1.58. The number of urea groups is 1. The molecule has 0 aliphatic heterocycles. The van der Waals surface area contributed by atoms with Crippen molar-refractivity contribution in [2.45, 2.75) is 13.2 Å². The van der Waals surface area contributed by atoms with Crippen LogP contribution in [-0.4, -0.2) is 35.4 Å². The maximum atomic E-state index is 12.0. The minimum absolute atomic E-state index is 0.164. The van der Waals surface area contributed by atoms with Crippen molar-refractivity contribution in [2.24, 2.45) is 0 Å². The van der Waals surface area contributed by atoms with Crippen LogP contribution >= 0.6 is 0 Å². The highest BCUT2D eigenvalue weighted by Crippen LogP contribution is 2.16. The van der Waals surface area contributed by atoms with E-state index in [0.29, 0.717) is 18.8 Å². The van der Waals surface area contributed by atoms with Gasteiger partial charge >= 0.3 is 6.03 Å². The van der Waals surface area contributed by atoms with Gasteiger partial charge in [0.1, 0.15) is 11.5 Å². The van der Waals surface area contributed by atoms with Gasteiger partial charge in [-0.15, -0.1) is 13.2 Å². The number of ether oxygens (including phenoxy) is 1. The number of phenolic OH excluding ortho intramolecular Hbond substituents is 1.